The number of carbonyl (C=O) groups is 3. The molecule has 0 aliphatic carbocycles. The first-order chi connectivity index (χ1) is 12.8. The second kappa shape index (κ2) is 8.58. The number of rotatable bonds is 8. The molecule has 27 heavy (non-hydrogen) atoms. The Bertz CT molecular complexity index is 735. The Kier molecular flexibility index (Phi) is 6.45. The second-order valence-corrected chi connectivity index (χ2v) is 6.39. The predicted octanol–water partition coefficient (Wildman–Crippen LogP) is 0.664. The van der Waals surface area contributed by atoms with Gasteiger partial charge in [-0.05, 0) is 18.6 Å². The zero-order chi connectivity index (χ0) is 20.0. The van der Waals surface area contributed by atoms with Crippen molar-refractivity contribution in [2.75, 3.05) is 33.4 Å². The molecule has 10 nitrogen and oxygen atoms in total. The largest absolute Gasteiger partial charge is 0.481 e. The van der Waals surface area contributed by atoms with Crippen molar-refractivity contribution in [3.63, 3.8) is 0 Å². The van der Waals surface area contributed by atoms with E-state index in [0.29, 0.717) is 13.0 Å². The van der Waals surface area contributed by atoms with Crippen LogP contribution in [0, 0.1) is 15.5 Å². The van der Waals surface area contributed by atoms with Crippen molar-refractivity contribution >= 4 is 23.5 Å². The predicted molar refractivity (Wildman–Crippen MR) is 93.2 cm³/mol. The van der Waals surface area contributed by atoms with Crippen molar-refractivity contribution in [1.82, 2.24) is 10.2 Å². The number of hydrogen-bond acceptors (Lipinski definition) is 6. The molecule has 10 heteroatoms. The fraction of sp³-hybridized carbons (Fsp3) is 0.471. The smallest absolute Gasteiger partial charge is 0.313 e. The van der Waals surface area contributed by atoms with Crippen LogP contribution >= 0.6 is 0 Å². The molecule has 1 saturated heterocycles. The maximum Gasteiger partial charge on any atom is 0.313 e. The topological polar surface area (TPSA) is 139 Å². The first kappa shape index (κ1) is 20.3. The molecule has 0 radical (unpaired) electrons. The molecule has 1 heterocycles. The molecular formula is C17H21N3O7. The van der Waals surface area contributed by atoms with Crippen molar-refractivity contribution < 1.29 is 29.2 Å². The van der Waals surface area contributed by atoms with Gasteiger partial charge >= 0.3 is 5.97 Å². The third-order valence-corrected chi connectivity index (χ3v) is 4.55. The average molecular weight is 379 g/mol. The van der Waals surface area contributed by atoms with Crippen molar-refractivity contribution in [2.24, 2.45) is 5.41 Å². The van der Waals surface area contributed by atoms with Crippen LogP contribution in [0.2, 0.25) is 0 Å². The summed E-state index contributed by atoms with van der Waals surface area (Å²) in [5.74, 6) is -1.69. The van der Waals surface area contributed by atoms with E-state index in [9.17, 15) is 29.6 Å². The number of ether oxygens (including phenoxy) is 1. The van der Waals surface area contributed by atoms with Crippen LogP contribution in [0.1, 0.15) is 23.2 Å². The van der Waals surface area contributed by atoms with Crippen LogP contribution in [0.15, 0.2) is 24.3 Å². The van der Waals surface area contributed by atoms with Crippen LogP contribution in [-0.4, -0.2) is 66.1 Å². The number of nitro benzene ring substituents is 1. The average Bonchev–Trinajstić information content (AvgIpc) is 3.07. The third-order valence-electron chi connectivity index (χ3n) is 4.55. The molecule has 0 saturated carbocycles. The van der Waals surface area contributed by atoms with Crippen LogP contribution in [0.3, 0.4) is 0 Å². The molecule has 2 rings (SSSR count). The summed E-state index contributed by atoms with van der Waals surface area (Å²) >= 11 is 0. The van der Waals surface area contributed by atoms with Gasteiger partial charge in [0.15, 0.2) is 0 Å². The lowest BCUT2D eigenvalue weighted by Crippen LogP contribution is -2.40. The number of amides is 2. The molecule has 1 aromatic carbocycles. The highest BCUT2D eigenvalue weighted by atomic mass is 16.6. The Hall–Kier alpha value is -3.01. The molecule has 1 atom stereocenters. The van der Waals surface area contributed by atoms with Gasteiger partial charge in [0, 0.05) is 50.9 Å². The number of carboxylic acid groups (broad SMARTS) is 1. The van der Waals surface area contributed by atoms with Gasteiger partial charge in [-0.3, -0.25) is 24.5 Å². The minimum Gasteiger partial charge on any atom is -0.481 e. The number of carbonyl (C=O) groups excluding carboxylic acids is 2. The molecule has 1 aliphatic heterocycles. The molecule has 1 fully saturated rings. The molecule has 2 amide bonds. The zero-order valence-corrected chi connectivity index (χ0v) is 14.8. The summed E-state index contributed by atoms with van der Waals surface area (Å²) in [6.45, 7) is 0.509. The molecule has 1 aliphatic rings. The summed E-state index contributed by atoms with van der Waals surface area (Å²) in [4.78, 5) is 47.3. The van der Waals surface area contributed by atoms with E-state index in [4.69, 9.17) is 4.74 Å². The highest BCUT2D eigenvalue weighted by Gasteiger charge is 2.46. The number of benzene rings is 1. The first-order valence-electron chi connectivity index (χ1n) is 8.32. The SMILES string of the molecule is COCC1(C(=O)O)CCN(C(=O)CCNC(=O)c2ccc([N+](=O)[O-])cc2)C1. The number of aliphatic carboxylic acids is 1. The van der Waals surface area contributed by atoms with Gasteiger partial charge in [-0.25, -0.2) is 0 Å². The normalized spacial score (nSPS) is 18.9. The van der Waals surface area contributed by atoms with Gasteiger partial charge in [-0.2, -0.15) is 0 Å². The molecule has 1 unspecified atom stereocenters. The second-order valence-electron chi connectivity index (χ2n) is 6.39. The number of nitrogens with zero attached hydrogens (tertiary/aromatic N) is 2. The molecule has 0 spiro atoms. The fourth-order valence-electron chi connectivity index (χ4n) is 2.99. The summed E-state index contributed by atoms with van der Waals surface area (Å²) in [5.41, 5.74) is -0.959. The van der Waals surface area contributed by atoms with Gasteiger partial charge in [-0.1, -0.05) is 0 Å². The Labute approximate surface area is 155 Å². The monoisotopic (exact) mass is 379 g/mol. The van der Waals surface area contributed by atoms with Crippen molar-refractivity contribution in [3.8, 4) is 0 Å². The molecule has 1 aromatic rings. The van der Waals surface area contributed by atoms with Gasteiger partial charge in [0.2, 0.25) is 5.91 Å². The quantitative estimate of drug-likeness (QED) is 0.500. The number of nitrogens with one attached hydrogen (secondary N) is 1. The summed E-state index contributed by atoms with van der Waals surface area (Å²) in [6, 6.07) is 5.13. The third kappa shape index (κ3) is 4.79. The lowest BCUT2D eigenvalue weighted by molar-refractivity contribution is -0.384. The van der Waals surface area contributed by atoms with E-state index in [1.54, 1.807) is 0 Å². The summed E-state index contributed by atoms with van der Waals surface area (Å²) in [5, 5.41) is 22.6. The lowest BCUT2D eigenvalue weighted by atomic mass is 9.88. The van der Waals surface area contributed by atoms with Crippen molar-refractivity contribution in [2.45, 2.75) is 12.8 Å². The maximum atomic E-state index is 12.3. The van der Waals surface area contributed by atoms with E-state index in [2.05, 4.69) is 5.32 Å². The van der Waals surface area contributed by atoms with Gasteiger partial charge < -0.3 is 20.1 Å². The summed E-state index contributed by atoms with van der Waals surface area (Å²) in [7, 11) is 1.42. The van der Waals surface area contributed by atoms with Crippen LogP contribution in [0.25, 0.3) is 0 Å². The first-order valence-corrected chi connectivity index (χ1v) is 8.32. The molecule has 2 N–H and O–H groups in total. The Morgan fingerprint density at radius 1 is 1.33 bits per heavy atom. The Balaban J connectivity index is 1.83. The van der Waals surface area contributed by atoms with Gasteiger partial charge in [0.05, 0.1) is 11.5 Å². The van der Waals surface area contributed by atoms with E-state index < -0.39 is 22.2 Å². The van der Waals surface area contributed by atoms with Crippen molar-refractivity contribution in [1.29, 1.82) is 0 Å². The number of non-ortho nitro benzene ring substituents is 1. The molecule has 146 valence electrons. The van der Waals surface area contributed by atoms with E-state index in [-0.39, 0.29) is 43.3 Å². The van der Waals surface area contributed by atoms with Crippen molar-refractivity contribution in [3.05, 3.63) is 39.9 Å². The van der Waals surface area contributed by atoms with E-state index in [1.807, 2.05) is 0 Å². The van der Waals surface area contributed by atoms with E-state index >= 15 is 0 Å². The highest BCUT2D eigenvalue weighted by Crippen LogP contribution is 2.31. The molecular weight excluding hydrogens is 358 g/mol. The summed E-state index contributed by atoms with van der Waals surface area (Å²) in [6.07, 6.45) is 0.346. The Morgan fingerprint density at radius 2 is 2.00 bits per heavy atom. The van der Waals surface area contributed by atoms with Crippen LogP contribution in [-0.2, 0) is 14.3 Å². The van der Waals surface area contributed by atoms with Gasteiger partial charge in [0.25, 0.3) is 11.6 Å². The van der Waals surface area contributed by atoms with E-state index in [0.717, 1.165) is 0 Å². The van der Waals surface area contributed by atoms with Crippen LogP contribution in [0.4, 0.5) is 5.69 Å². The maximum absolute atomic E-state index is 12.3. The van der Waals surface area contributed by atoms with Crippen LogP contribution in [0.5, 0.6) is 0 Å². The fourth-order valence-corrected chi connectivity index (χ4v) is 2.99. The number of hydrogen-bond donors (Lipinski definition) is 2. The minimum atomic E-state index is -1.09. The number of methoxy groups -OCH3 is 1. The highest BCUT2D eigenvalue weighted by molar-refractivity contribution is 5.94. The Morgan fingerprint density at radius 3 is 2.56 bits per heavy atom. The van der Waals surface area contributed by atoms with Gasteiger partial charge in [-0.15, -0.1) is 0 Å². The lowest BCUT2D eigenvalue weighted by Gasteiger charge is -2.23. The van der Waals surface area contributed by atoms with E-state index in [1.165, 1.54) is 36.3 Å². The number of nitro groups is 1. The number of likely N-dealkylation sites (tertiary alicyclic amines) is 1. The standard InChI is InChI=1S/C17H21N3O7/c1-27-11-17(16(23)24)7-9-19(10-17)14(21)6-8-18-15(22)12-2-4-13(5-3-12)20(25)26/h2-5H,6-11H2,1H3,(H,18,22)(H,23,24). The molecule has 0 aromatic heterocycles. The molecule has 0 bridgehead atoms. The summed E-state index contributed by atoms with van der Waals surface area (Å²) < 4.78 is 4.99. The zero-order valence-electron chi connectivity index (χ0n) is 14.8. The number of carboxylic acids is 1. The minimum absolute atomic E-state index is 0.0292. The van der Waals surface area contributed by atoms with Gasteiger partial charge in [0.1, 0.15) is 5.41 Å². The van der Waals surface area contributed by atoms with Crippen LogP contribution < -0.4 is 5.32 Å².